The molecule has 5 rings (SSSR count). The molecule has 136 valence electrons. The summed E-state index contributed by atoms with van der Waals surface area (Å²) in [6, 6.07) is 15.6. The minimum absolute atomic E-state index is 0.609. The summed E-state index contributed by atoms with van der Waals surface area (Å²) >= 11 is 0. The first-order chi connectivity index (χ1) is 12.8. The van der Waals surface area contributed by atoms with E-state index in [4.69, 9.17) is 9.47 Å². The van der Waals surface area contributed by atoms with E-state index in [1.54, 1.807) is 7.11 Å². The highest BCUT2D eigenvalue weighted by molar-refractivity contribution is 5.71. The minimum atomic E-state index is 0.609. The molecule has 0 bridgehead atoms. The van der Waals surface area contributed by atoms with Gasteiger partial charge < -0.3 is 19.3 Å². The van der Waals surface area contributed by atoms with Gasteiger partial charge in [-0.3, -0.25) is 0 Å². The third-order valence-corrected chi connectivity index (χ3v) is 6.26. The third-order valence-electron chi connectivity index (χ3n) is 6.26. The molecular weight excluding hydrogens is 324 g/mol. The minimum Gasteiger partial charge on any atom is -0.496 e. The van der Waals surface area contributed by atoms with Crippen molar-refractivity contribution in [3.8, 4) is 11.5 Å². The normalized spacial score (nSPS) is 24.0. The Labute approximate surface area is 155 Å². The highest BCUT2D eigenvalue weighted by atomic mass is 16.5. The number of para-hydroxylation sites is 2. The molecule has 4 heteroatoms. The van der Waals surface area contributed by atoms with E-state index in [0.717, 1.165) is 44.2 Å². The van der Waals surface area contributed by atoms with Crippen LogP contribution in [0.15, 0.2) is 42.5 Å². The summed E-state index contributed by atoms with van der Waals surface area (Å²) < 4.78 is 11.4. The van der Waals surface area contributed by atoms with Crippen molar-refractivity contribution < 1.29 is 9.47 Å². The van der Waals surface area contributed by atoms with Crippen molar-refractivity contribution in [2.24, 2.45) is 0 Å². The SMILES string of the molecule is COc1ccccc1CCN1CC[C@H]2[C@@H](C1)c1cccc3c1N2CCO3. The van der Waals surface area contributed by atoms with E-state index in [-0.39, 0.29) is 0 Å². The summed E-state index contributed by atoms with van der Waals surface area (Å²) in [6.07, 6.45) is 2.28. The summed E-state index contributed by atoms with van der Waals surface area (Å²) in [7, 11) is 1.76. The molecule has 0 N–H and O–H groups in total. The molecule has 2 aromatic rings. The lowest BCUT2D eigenvalue weighted by molar-refractivity contribution is 0.191. The maximum atomic E-state index is 5.91. The van der Waals surface area contributed by atoms with Gasteiger partial charge in [-0.25, -0.2) is 0 Å². The molecule has 0 radical (unpaired) electrons. The van der Waals surface area contributed by atoms with Crippen molar-refractivity contribution in [1.29, 1.82) is 0 Å². The second kappa shape index (κ2) is 6.51. The zero-order valence-electron chi connectivity index (χ0n) is 15.4. The number of likely N-dealkylation sites (tertiary alicyclic amines) is 1. The molecule has 0 saturated carbocycles. The second-order valence-electron chi connectivity index (χ2n) is 7.56. The highest BCUT2D eigenvalue weighted by Crippen LogP contribution is 2.50. The zero-order chi connectivity index (χ0) is 17.5. The van der Waals surface area contributed by atoms with E-state index in [0.29, 0.717) is 12.0 Å². The van der Waals surface area contributed by atoms with Crippen molar-refractivity contribution in [2.45, 2.75) is 24.8 Å². The van der Waals surface area contributed by atoms with Crippen LogP contribution in [0.3, 0.4) is 0 Å². The molecule has 0 aliphatic carbocycles. The quantitative estimate of drug-likeness (QED) is 0.845. The van der Waals surface area contributed by atoms with Crippen molar-refractivity contribution in [2.75, 3.05) is 44.8 Å². The molecule has 2 atom stereocenters. The van der Waals surface area contributed by atoms with Gasteiger partial charge in [0.2, 0.25) is 0 Å². The van der Waals surface area contributed by atoms with Gasteiger partial charge in [-0.05, 0) is 36.1 Å². The molecule has 0 spiro atoms. The Morgan fingerprint density at radius 1 is 1.12 bits per heavy atom. The molecule has 1 fully saturated rings. The fourth-order valence-corrected chi connectivity index (χ4v) is 5.04. The molecule has 3 heterocycles. The van der Waals surface area contributed by atoms with Crippen molar-refractivity contribution in [3.05, 3.63) is 53.6 Å². The van der Waals surface area contributed by atoms with Crippen LogP contribution in [0, 0.1) is 0 Å². The molecule has 0 aromatic heterocycles. The Hall–Kier alpha value is -2.20. The lowest BCUT2D eigenvalue weighted by atomic mass is 9.89. The van der Waals surface area contributed by atoms with E-state index in [9.17, 15) is 0 Å². The maximum absolute atomic E-state index is 5.91. The zero-order valence-corrected chi connectivity index (χ0v) is 15.4. The Kier molecular flexibility index (Phi) is 4.01. The molecule has 2 aromatic carbocycles. The van der Waals surface area contributed by atoms with Gasteiger partial charge in [-0.1, -0.05) is 30.3 Å². The number of methoxy groups -OCH3 is 1. The highest BCUT2D eigenvalue weighted by Gasteiger charge is 2.44. The number of benzene rings is 2. The first-order valence-corrected chi connectivity index (χ1v) is 9.72. The first-order valence-electron chi connectivity index (χ1n) is 9.72. The number of piperidine rings is 1. The molecule has 4 nitrogen and oxygen atoms in total. The van der Waals surface area contributed by atoms with Crippen LogP contribution in [0.25, 0.3) is 0 Å². The number of fused-ring (bicyclic) bond motifs is 3. The van der Waals surface area contributed by atoms with E-state index < -0.39 is 0 Å². The summed E-state index contributed by atoms with van der Waals surface area (Å²) in [6.45, 7) is 5.27. The summed E-state index contributed by atoms with van der Waals surface area (Å²) in [5.74, 6) is 2.70. The predicted molar refractivity (Wildman–Crippen MR) is 104 cm³/mol. The molecule has 3 aliphatic rings. The second-order valence-corrected chi connectivity index (χ2v) is 7.56. The smallest absolute Gasteiger partial charge is 0.142 e. The standard InChI is InChI=1S/C22H26N2O2/c1-25-20-7-3-2-5-16(20)9-11-23-12-10-19-18(15-23)17-6-4-8-21-22(17)24(19)13-14-26-21/h2-8,18-19H,9-15H2,1H3/t18-,19-/m0/s1. The molecule has 26 heavy (non-hydrogen) atoms. The Morgan fingerprint density at radius 2 is 2.04 bits per heavy atom. The number of hydrogen-bond donors (Lipinski definition) is 0. The van der Waals surface area contributed by atoms with Crippen LogP contribution in [0.2, 0.25) is 0 Å². The van der Waals surface area contributed by atoms with E-state index in [1.807, 2.05) is 6.07 Å². The Bertz CT molecular complexity index is 806. The van der Waals surface area contributed by atoms with Crippen molar-refractivity contribution >= 4 is 5.69 Å². The van der Waals surface area contributed by atoms with Crippen LogP contribution in [0.1, 0.15) is 23.5 Å². The van der Waals surface area contributed by atoms with Crippen LogP contribution >= 0.6 is 0 Å². The van der Waals surface area contributed by atoms with Crippen LogP contribution in [-0.2, 0) is 6.42 Å². The largest absolute Gasteiger partial charge is 0.496 e. The fraction of sp³-hybridized carbons (Fsp3) is 0.455. The van der Waals surface area contributed by atoms with Gasteiger partial charge in [0.1, 0.15) is 18.1 Å². The van der Waals surface area contributed by atoms with E-state index in [2.05, 4.69) is 46.2 Å². The lowest BCUT2D eigenvalue weighted by Gasteiger charge is -2.40. The van der Waals surface area contributed by atoms with Gasteiger partial charge in [-0.15, -0.1) is 0 Å². The number of rotatable bonds is 4. The van der Waals surface area contributed by atoms with Crippen LogP contribution in [0.4, 0.5) is 5.69 Å². The topological polar surface area (TPSA) is 24.9 Å². The summed E-state index contributed by atoms with van der Waals surface area (Å²) in [5, 5.41) is 0. The van der Waals surface area contributed by atoms with Gasteiger partial charge in [0.05, 0.1) is 19.3 Å². The number of ether oxygens (including phenoxy) is 2. The summed E-state index contributed by atoms with van der Waals surface area (Å²) in [5.41, 5.74) is 4.17. The van der Waals surface area contributed by atoms with Crippen LogP contribution < -0.4 is 14.4 Å². The summed E-state index contributed by atoms with van der Waals surface area (Å²) in [4.78, 5) is 5.25. The molecular formula is C22H26N2O2. The van der Waals surface area contributed by atoms with Gasteiger partial charge >= 0.3 is 0 Å². The third kappa shape index (κ3) is 2.55. The van der Waals surface area contributed by atoms with Crippen LogP contribution in [0.5, 0.6) is 11.5 Å². The molecule has 3 aliphatic heterocycles. The predicted octanol–water partition coefficient (Wildman–Crippen LogP) is 3.31. The average Bonchev–Trinajstić information content (AvgIpc) is 3.02. The van der Waals surface area contributed by atoms with E-state index >= 15 is 0 Å². The Balaban J connectivity index is 1.32. The van der Waals surface area contributed by atoms with Crippen molar-refractivity contribution in [1.82, 2.24) is 4.90 Å². The van der Waals surface area contributed by atoms with Crippen LogP contribution in [-0.4, -0.2) is 50.8 Å². The van der Waals surface area contributed by atoms with Gasteiger partial charge in [0.15, 0.2) is 0 Å². The number of nitrogens with zero attached hydrogens (tertiary/aromatic N) is 2. The fourth-order valence-electron chi connectivity index (χ4n) is 5.04. The molecule has 1 saturated heterocycles. The number of hydrogen-bond acceptors (Lipinski definition) is 4. The molecule has 0 amide bonds. The maximum Gasteiger partial charge on any atom is 0.142 e. The number of anilines is 1. The van der Waals surface area contributed by atoms with Gasteiger partial charge in [0, 0.05) is 31.6 Å². The monoisotopic (exact) mass is 350 g/mol. The lowest BCUT2D eigenvalue weighted by Crippen LogP contribution is -2.48. The Morgan fingerprint density at radius 3 is 2.96 bits per heavy atom. The van der Waals surface area contributed by atoms with Crippen molar-refractivity contribution in [3.63, 3.8) is 0 Å². The van der Waals surface area contributed by atoms with Gasteiger partial charge in [0.25, 0.3) is 0 Å². The van der Waals surface area contributed by atoms with E-state index in [1.165, 1.54) is 29.8 Å². The molecule has 0 unspecified atom stereocenters. The van der Waals surface area contributed by atoms with Gasteiger partial charge in [-0.2, -0.15) is 0 Å². The average molecular weight is 350 g/mol. The first kappa shape index (κ1) is 16.0.